The Bertz CT molecular complexity index is 820. The molecular weight excluding hydrogens is 316 g/mol. The fourth-order valence-corrected chi connectivity index (χ4v) is 2.85. The molecule has 0 bridgehead atoms. The number of hydrogen-bond donors (Lipinski definition) is 1. The van der Waals surface area contributed by atoms with E-state index in [0.717, 1.165) is 0 Å². The topological polar surface area (TPSA) is 55.4 Å². The molecule has 0 saturated heterocycles. The van der Waals surface area contributed by atoms with Gasteiger partial charge in [0.15, 0.2) is 12.4 Å². The second kappa shape index (κ2) is 6.39. The molecule has 0 heterocycles. The molecule has 1 amide bonds. The maximum Gasteiger partial charge on any atom is 0.262 e. The summed E-state index contributed by atoms with van der Waals surface area (Å²) in [6.07, 6.45) is 0.224. The Kier molecular flexibility index (Phi) is 4.29. The van der Waals surface area contributed by atoms with Gasteiger partial charge in [0.05, 0.1) is 5.56 Å². The molecule has 1 atom stereocenters. The van der Waals surface area contributed by atoms with E-state index >= 15 is 0 Å². The van der Waals surface area contributed by atoms with Gasteiger partial charge in [-0.1, -0.05) is 13.0 Å². The predicted molar refractivity (Wildman–Crippen MR) is 84.3 cm³/mol. The zero-order valence-electron chi connectivity index (χ0n) is 12.9. The third-order valence-corrected chi connectivity index (χ3v) is 3.88. The Morgan fingerprint density at radius 1 is 1.29 bits per heavy atom. The molecule has 24 heavy (non-hydrogen) atoms. The first-order valence-electron chi connectivity index (χ1n) is 7.49. The normalized spacial score (nSPS) is 16.0. The van der Waals surface area contributed by atoms with Crippen LogP contribution in [0, 0.1) is 11.6 Å². The minimum Gasteiger partial charge on any atom is -0.483 e. The average Bonchev–Trinajstić information content (AvgIpc) is 2.83. The Morgan fingerprint density at radius 2 is 2.08 bits per heavy atom. The maximum atomic E-state index is 13.9. The first-order valence-corrected chi connectivity index (χ1v) is 7.49. The quantitative estimate of drug-likeness (QED) is 0.930. The van der Waals surface area contributed by atoms with E-state index in [1.165, 1.54) is 30.3 Å². The molecule has 2 aromatic carbocycles. The van der Waals surface area contributed by atoms with Gasteiger partial charge in [-0.05, 0) is 36.2 Å². The summed E-state index contributed by atoms with van der Waals surface area (Å²) in [5.41, 5.74) is 0.849. The van der Waals surface area contributed by atoms with Gasteiger partial charge in [-0.15, -0.1) is 0 Å². The summed E-state index contributed by atoms with van der Waals surface area (Å²) in [7, 11) is 0. The van der Waals surface area contributed by atoms with Crippen molar-refractivity contribution in [2.24, 2.45) is 0 Å². The third kappa shape index (κ3) is 3.13. The van der Waals surface area contributed by atoms with Crippen LogP contribution in [0.25, 0.3) is 0 Å². The lowest BCUT2D eigenvalue weighted by molar-refractivity contribution is -0.118. The van der Waals surface area contributed by atoms with Gasteiger partial charge in [-0.25, -0.2) is 8.78 Å². The van der Waals surface area contributed by atoms with E-state index in [2.05, 4.69) is 5.32 Å². The van der Waals surface area contributed by atoms with Crippen molar-refractivity contribution >= 4 is 17.4 Å². The van der Waals surface area contributed by atoms with Crippen LogP contribution in [-0.4, -0.2) is 18.3 Å². The summed E-state index contributed by atoms with van der Waals surface area (Å²) in [5.74, 6) is -1.63. The highest BCUT2D eigenvalue weighted by Gasteiger charge is 2.32. The average molecular weight is 331 g/mol. The van der Waals surface area contributed by atoms with Crippen molar-refractivity contribution in [3.63, 3.8) is 0 Å². The van der Waals surface area contributed by atoms with Crippen LogP contribution in [-0.2, 0) is 4.79 Å². The Labute approximate surface area is 137 Å². The fraction of sp³-hybridized carbons (Fsp3) is 0.222. The highest BCUT2D eigenvalue weighted by Crippen LogP contribution is 2.39. The summed E-state index contributed by atoms with van der Waals surface area (Å²) in [5, 5.41) is 2.49. The van der Waals surface area contributed by atoms with Crippen LogP contribution < -0.4 is 10.1 Å². The smallest absolute Gasteiger partial charge is 0.262 e. The van der Waals surface area contributed by atoms with Crippen molar-refractivity contribution in [3.05, 3.63) is 59.2 Å². The van der Waals surface area contributed by atoms with Crippen molar-refractivity contribution in [1.29, 1.82) is 0 Å². The van der Waals surface area contributed by atoms with E-state index in [-0.39, 0.29) is 36.0 Å². The molecule has 1 aliphatic carbocycles. The molecule has 3 rings (SSSR count). The van der Waals surface area contributed by atoms with Gasteiger partial charge < -0.3 is 10.1 Å². The van der Waals surface area contributed by atoms with Crippen LogP contribution in [0.1, 0.15) is 35.2 Å². The molecule has 0 radical (unpaired) electrons. The highest BCUT2D eigenvalue weighted by atomic mass is 19.1. The van der Waals surface area contributed by atoms with Crippen LogP contribution in [0.15, 0.2) is 36.4 Å². The molecule has 0 fully saturated rings. The molecule has 1 aliphatic rings. The number of carbonyl (C=O) groups excluding carboxylic acids is 2. The van der Waals surface area contributed by atoms with Crippen molar-refractivity contribution in [1.82, 2.24) is 0 Å². The number of Topliss-reactive ketones (excluding diaryl/α,β-unsaturated/α-hetero) is 1. The molecule has 1 N–H and O–H groups in total. The Hall–Kier alpha value is -2.76. The lowest BCUT2D eigenvalue weighted by Gasteiger charge is -2.12. The highest BCUT2D eigenvalue weighted by molar-refractivity contribution is 6.04. The molecule has 2 aromatic rings. The Balaban J connectivity index is 1.72. The summed E-state index contributed by atoms with van der Waals surface area (Å²) >= 11 is 0. The molecule has 0 aliphatic heterocycles. The number of hydrogen-bond acceptors (Lipinski definition) is 3. The lowest BCUT2D eigenvalue weighted by atomic mass is 10.0. The number of benzene rings is 2. The van der Waals surface area contributed by atoms with Crippen molar-refractivity contribution in [3.8, 4) is 5.75 Å². The second-order valence-corrected chi connectivity index (χ2v) is 5.71. The first-order chi connectivity index (χ1) is 11.5. The zero-order valence-corrected chi connectivity index (χ0v) is 12.9. The molecule has 1 unspecified atom stereocenters. The number of fused-ring (bicyclic) bond motifs is 1. The molecular formula is C18H15F2NO3. The van der Waals surface area contributed by atoms with Crippen LogP contribution in [0.5, 0.6) is 5.75 Å². The lowest BCUT2D eigenvalue weighted by Crippen LogP contribution is -2.20. The van der Waals surface area contributed by atoms with E-state index in [1.54, 1.807) is 13.0 Å². The fourth-order valence-electron chi connectivity index (χ4n) is 2.85. The standard InChI is InChI=1S/C18H15F2NO3/c1-10-7-14(22)18-15(6-5-13(20)17(10)18)24-9-16(23)21-12-4-2-3-11(19)8-12/h2-6,8,10H,7,9H2,1H3,(H,21,23). The van der Waals surface area contributed by atoms with Crippen molar-refractivity contribution < 1.29 is 23.1 Å². The summed E-state index contributed by atoms with van der Waals surface area (Å²) in [6.45, 7) is 1.41. The largest absolute Gasteiger partial charge is 0.483 e. The minimum atomic E-state index is -0.503. The summed E-state index contributed by atoms with van der Waals surface area (Å²) in [6, 6.07) is 8.03. The van der Waals surface area contributed by atoms with E-state index in [9.17, 15) is 18.4 Å². The number of ketones is 1. The zero-order chi connectivity index (χ0) is 17.3. The van der Waals surface area contributed by atoms with E-state index in [1.807, 2.05) is 0 Å². The van der Waals surface area contributed by atoms with E-state index in [0.29, 0.717) is 11.3 Å². The van der Waals surface area contributed by atoms with Gasteiger partial charge in [0.2, 0.25) is 0 Å². The van der Waals surface area contributed by atoms with E-state index in [4.69, 9.17) is 4.74 Å². The van der Waals surface area contributed by atoms with Crippen molar-refractivity contribution in [2.75, 3.05) is 11.9 Å². The van der Waals surface area contributed by atoms with E-state index < -0.39 is 17.5 Å². The maximum absolute atomic E-state index is 13.9. The SMILES string of the molecule is CC1CC(=O)c2c(OCC(=O)Nc3cccc(F)c3)ccc(F)c21. The van der Waals surface area contributed by atoms with Crippen molar-refractivity contribution in [2.45, 2.75) is 19.3 Å². The first kappa shape index (κ1) is 16.1. The number of halogens is 2. The monoisotopic (exact) mass is 331 g/mol. The number of anilines is 1. The van der Waals surface area contributed by atoms with Gasteiger partial charge in [0.1, 0.15) is 17.4 Å². The van der Waals surface area contributed by atoms with Gasteiger partial charge in [0.25, 0.3) is 5.91 Å². The molecule has 6 heteroatoms. The summed E-state index contributed by atoms with van der Waals surface area (Å²) < 4.78 is 32.4. The summed E-state index contributed by atoms with van der Waals surface area (Å²) in [4.78, 5) is 23.9. The molecule has 0 saturated carbocycles. The minimum absolute atomic E-state index is 0.190. The molecule has 4 nitrogen and oxygen atoms in total. The number of rotatable bonds is 4. The number of nitrogens with one attached hydrogen (secondary N) is 1. The van der Waals surface area contributed by atoms with Crippen LogP contribution in [0.3, 0.4) is 0 Å². The van der Waals surface area contributed by atoms with Crippen LogP contribution in [0.4, 0.5) is 14.5 Å². The van der Waals surface area contributed by atoms with Crippen LogP contribution in [0.2, 0.25) is 0 Å². The molecule has 124 valence electrons. The number of ether oxygens (including phenoxy) is 1. The van der Waals surface area contributed by atoms with Gasteiger partial charge in [0, 0.05) is 17.7 Å². The van der Waals surface area contributed by atoms with Crippen LogP contribution >= 0.6 is 0 Å². The van der Waals surface area contributed by atoms with Gasteiger partial charge >= 0.3 is 0 Å². The number of carbonyl (C=O) groups is 2. The Morgan fingerprint density at radius 3 is 2.83 bits per heavy atom. The third-order valence-electron chi connectivity index (χ3n) is 3.88. The van der Waals surface area contributed by atoms with Gasteiger partial charge in [-0.3, -0.25) is 9.59 Å². The van der Waals surface area contributed by atoms with Gasteiger partial charge in [-0.2, -0.15) is 0 Å². The predicted octanol–water partition coefficient (Wildman–Crippen LogP) is 3.67. The second-order valence-electron chi connectivity index (χ2n) is 5.71. The molecule has 0 spiro atoms. The molecule has 0 aromatic heterocycles. The number of amides is 1.